The molecule has 138 valence electrons. The SMILES string of the molecule is COc1cccc(N2CC(c3nc(-c4ccc(SC)cc4)no3)CC2=O)c1. The molecule has 1 fully saturated rings. The van der Waals surface area contributed by atoms with Gasteiger partial charge < -0.3 is 14.2 Å². The summed E-state index contributed by atoms with van der Waals surface area (Å²) in [6.07, 6.45) is 2.39. The Morgan fingerprint density at radius 2 is 2.04 bits per heavy atom. The molecule has 0 spiro atoms. The predicted octanol–water partition coefficient (Wildman–Crippen LogP) is 3.99. The Hall–Kier alpha value is -2.80. The van der Waals surface area contributed by atoms with Crippen LogP contribution < -0.4 is 9.64 Å². The molecule has 1 atom stereocenters. The fraction of sp³-hybridized carbons (Fsp3) is 0.250. The number of ether oxygens (including phenoxy) is 1. The van der Waals surface area contributed by atoms with Crippen molar-refractivity contribution in [2.75, 3.05) is 24.8 Å². The van der Waals surface area contributed by atoms with E-state index in [1.165, 1.54) is 4.90 Å². The molecule has 2 aromatic carbocycles. The van der Waals surface area contributed by atoms with Crippen molar-refractivity contribution in [2.45, 2.75) is 17.2 Å². The summed E-state index contributed by atoms with van der Waals surface area (Å²) in [5.41, 5.74) is 1.71. The average Bonchev–Trinajstić information content (AvgIpc) is 3.35. The Morgan fingerprint density at radius 1 is 1.22 bits per heavy atom. The Bertz CT molecular complexity index is 955. The van der Waals surface area contributed by atoms with Crippen LogP contribution in [0.4, 0.5) is 5.69 Å². The van der Waals surface area contributed by atoms with Gasteiger partial charge in [0, 0.05) is 35.2 Å². The quantitative estimate of drug-likeness (QED) is 0.623. The number of anilines is 1. The molecule has 1 unspecified atom stereocenters. The van der Waals surface area contributed by atoms with E-state index in [0.29, 0.717) is 24.7 Å². The average molecular weight is 381 g/mol. The number of carbonyl (C=O) groups excluding carboxylic acids is 1. The maximum atomic E-state index is 12.5. The van der Waals surface area contributed by atoms with Crippen molar-refractivity contribution in [3.8, 4) is 17.1 Å². The smallest absolute Gasteiger partial charge is 0.232 e. The Labute approximate surface area is 161 Å². The van der Waals surface area contributed by atoms with E-state index in [-0.39, 0.29) is 11.8 Å². The summed E-state index contributed by atoms with van der Waals surface area (Å²) >= 11 is 1.68. The third kappa shape index (κ3) is 3.55. The van der Waals surface area contributed by atoms with Crippen LogP contribution in [0.15, 0.2) is 57.9 Å². The molecular formula is C20H19N3O3S. The van der Waals surface area contributed by atoms with Gasteiger partial charge >= 0.3 is 0 Å². The molecule has 0 radical (unpaired) electrons. The van der Waals surface area contributed by atoms with Crippen molar-refractivity contribution in [1.82, 2.24) is 10.1 Å². The molecule has 4 rings (SSSR count). The van der Waals surface area contributed by atoms with E-state index in [0.717, 1.165) is 17.0 Å². The maximum absolute atomic E-state index is 12.5. The molecule has 27 heavy (non-hydrogen) atoms. The van der Waals surface area contributed by atoms with Gasteiger partial charge in [0.15, 0.2) is 0 Å². The molecule has 1 aromatic heterocycles. The molecule has 0 bridgehead atoms. The van der Waals surface area contributed by atoms with Gasteiger partial charge in [-0.25, -0.2) is 0 Å². The molecule has 2 heterocycles. The van der Waals surface area contributed by atoms with E-state index >= 15 is 0 Å². The lowest BCUT2D eigenvalue weighted by Gasteiger charge is -2.16. The lowest BCUT2D eigenvalue weighted by molar-refractivity contribution is -0.117. The fourth-order valence-electron chi connectivity index (χ4n) is 3.16. The van der Waals surface area contributed by atoms with Crippen LogP contribution >= 0.6 is 11.8 Å². The number of carbonyl (C=O) groups is 1. The minimum absolute atomic E-state index is 0.0392. The highest BCUT2D eigenvalue weighted by Gasteiger charge is 2.35. The fourth-order valence-corrected chi connectivity index (χ4v) is 3.57. The summed E-state index contributed by atoms with van der Waals surface area (Å²) in [7, 11) is 1.61. The lowest BCUT2D eigenvalue weighted by Crippen LogP contribution is -2.24. The third-order valence-corrected chi connectivity index (χ3v) is 5.37. The van der Waals surface area contributed by atoms with E-state index in [4.69, 9.17) is 9.26 Å². The summed E-state index contributed by atoms with van der Waals surface area (Å²) in [5, 5.41) is 4.09. The number of aromatic nitrogens is 2. The maximum Gasteiger partial charge on any atom is 0.232 e. The van der Waals surface area contributed by atoms with Crippen LogP contribution in [0.1, 0.15) is 18.2 Å². The molecule has 7 heteroatoms. The van der Waals surface area contributed by atoms with Gasteiger partial charge in [-0.2, -0.15) is 4.98 Å². The first-order chi connectivity index (χ1) is 13.2. The number of methoxy groups -OCH3 is 1. The van der Waals surface area contributed by atoms with Crippen molar-refractivity contribution in [1.29, 1.82) is 0 Å². The predicted molar refractivity (Wildman–Crippen MR) is 104 cm³/mol. The van der Waals surface area contributed by atoms with Crippen molar-refractivity contribution in [3.63, 3.8) is 0 Å². The second-order valence-corrected chi connectivity index (χ2v) is 7.17. The molecule has 0 aliphatic carbocycles. The van der Waals surface area contributed by atoms with Crippen LogP contribution in [0, 0.1) is 0 Å². The molecule has 0 N–H and O–H groups in total. The normalized spacial score (nSPS) is 16.7. The minimum Gasteiger partial charge on any atom is -0.497 e. The van der Waals surface area contributed by atoms with Gasteiger partial charge in [0.25, 0.3) is 0 Å². The topological polar surface area (TPSA) is 68.5 Å². The zero-order valence-corrected chi connectivity index (χ0v) is 15.9. The number of benzene rings is 2. The number of amides is 1. The van der Waals surface area contributed by atoms with Gasteiger partial charge in [-0.3, -0.25) is 4.79 Å². The van der Waals surface area contributed by atoms with Crippen LogP contribution in [0.25, 0.3) is 11.4 Å². The van der Waals surface area contributed by atoms with Gasteiger partial charge in [0.05, 0.1) is 13.0 Å². The van der Waals surface area contributed by atoms with Crippen molar-refractivity contribution >= 4 is 23.4 Å². The van der Waals surface area contributed by atoms with Crippen molar-refractivity contribution in [3.05, 3.63) is 54.4 Å². The highest BCUT2D eigenvalue weighted by atomic mass is 32.2. The summed E-state index contributed by atoms with van der Waals surface area (Å²) < 4.78 is 10.7. The third-order valence-electron chi connectivity index (χ3n) is 4.63. The largest absolute Gasteiger partial charge is 0.497 e. The summed E-state index contributed by atoms with van der Waals surface area (Å²) in [6.45, 7) is 0.513. The van der Waals surface area contributed by atoms with Crippen LogP contribution in [0.5, 0.6) is 5.75 Å². The van der Waals surface area contributed by atoms with Crippen LogP contribution in [-0.4, -0.2) is 36.0 Å². The van der Waals surface area contributed by atoms with E-state index < -0.39 is 0 Å². The molecule has 6 nitrogen and oxygen atoms in total. The number of nitrogens with zero attached hydrogens (tertiary/aromatic N) is 3. The summed E-state index contributed by atoms with van der Waals surface area (Å²) in [6, 6.07) is 15.5. The van der Waals surface area contributed by atoms with Gasteiger partial charge in [-0.15, -0.1) is 11.8 Å². The summed E-state index contributed by atoms with van der Waals surface area (Å²) in [4.78, 5) is 19.9. The number of hydrogen-bond donors (Lipinski definition) is 0. The van der Waals surface area contributed by atoms with Crippen LogP contribution in [-0.2, 0) is 4.79 Å². The molecular weight excluding hydrogens is 362 g/mol. The first kappa shape index (κ1) is 17.6. The molecule has 1 amide bonds. The highest BCUT2D eigenvalue weighted by Crippen LogP contribution is 2.33. The van der Waals surface area contributed by atoms with Crippen molar-refractivity contribution < 1.29 is 14.1 Å². The van der Waals surface area contributed by atoms with Gasteiger partial charge in [-0.05, 0) is 42.7 Å². The number of thioether (sulfide) groups is 1. The first-order valence-corrected chi connectivity index (χ1v) is 9.83. The molecule has 3 aromatic rings. The Balaban J connectivity index is 1.53. The highest BCUT2D eigenvalue weighted by molar-refractivity contribution is 7.98. The standard InChI is InChI=1S/C20H19N3O3S/c1-25-16-5-3-4-15(11-16)23-12-14(10-18(23)24)20-21-19(22-26-20)13-6-8-17(27-2)9-7-13/h3-9,11,14H,10,12H2,1-2H3. The molecule has 1 aliphatic heterocycles. The Kier molecular flexibility index (Phi) is 4.85. The van der Waals surface area contributed by atoms with Gasteiger partial charge in [0.1, 0.15) is 5.75 Å². The van der Waals surface area contributed by atoms with Crippen molar-refractivity contribution in [2.24, 2.45) is 0 Å². The monoisotopic (exact) mass is 381 g/mol. The molecule has 0 saturated carbocycles. The number of rotatable bonds is 5. The Morgan fingerprint density at radius 3 is 2.78 bits per heavy atom. The molecule has 1 aliphatic rings. The lowest BCUT2D eigenvalue weighted by atomic mass is 10.1. The van der Waals surface area contributed by atoms with E-state index in [1.54, 1.807) is 23.8 Å². The van der Waals surface area contributed by atoms with E-state index in [2.05, 4.69) is 10.1 Å². The van der Waals surface area contributed by atoms with Crippen LogP contribution in [0.2, 0.25) is 0 Å². The second-order valence-electron chi connectivity index (χ2n) is 6.29. The van der Waals surface area contributed by atoms with E-state index in [1.807, 2.05) is 54.8 Å². The second kappa shape index (κ2) is 7.44. The zero-order valence-electron chi connectivity index (χ0n) is 15.1. The van der Waals surface area contributed by atoms with E-state index in [9.17, 15) is 4.79 Å². The zero-order chi connectivity index (χ0) is 18.8. The first-order valence-electron chi connectivity index (χ1n) is 8.60. The minimum atomic E-state index is -0.115. The van der Waals surface area contributed by atoms with Gasteiger partial charge in [-0.1, -0.05) is 11.2 Å². The van der Waals surface area contributed by atoms with Crippen LogP contribution in [0.3, 0.4) is 0 Å². The number of hydrogen-bond acceptors (Lipinski definition) is 6. The van der Waals surface area contributed by atoms with Gasteiger partial charge in [0.2, 0.25) is 17.6 Å². The molecule has 1 saturated heterocycles. The summed E-state index contributed by atoms with van der Waals surface area (Å²) in [5.74, 6) is 1.69.